The van der Waals surface area contributed by atoms with Crippen LogP contribution in [0.5, 0.6) is 12.0 Å². The largest absolute Gasteiger partial charge is 0.463 e. The summed E-state index contributed by atoms with van der Waals surface area (Å²) >= 11 is 0. The normalized spacial score (nSPS) is 15.7. The van der Waals surface area contributed by atoms with Gasteiger partial charge in [0, 0.05) is 6.54 Å². The Morgan fingerprint density at radius 3 is 2.38 bits per heavy atom. The number of hydrogen-bond acceptors (Lipinski definition) is 6. The molecule has 1 aliphatic carbocycles. The van der Waals surface area contributed by atoms with Crippen LogP contribution in [-0.4, -0.2) is 34.7 Å². The minimum atomic E-state index is 0.335. The van der Waals surface area contributed by atoms with E-state index in [0.717, 1.165) is 13.0 Å². The van der Waals surface area contributed by atoms with Crippen LogP contribution in [0, 0.1) is 5.92 Å². The summed E-state index contributed by atoms with van der Waals surface area (Å²) in [5.41, 5.74) is 0. The van der Waals surface area contributed by atoms with Gasteiger partial charge in [-0.2, -0.15) is 9.97 Å². The van der Waals surface area contributed by atoms with E-state index < -0.39 is 0 Å². The zero-order valence-electron chi connectivity index (χ0n) is 13.1. The molecule has 0 atom stereocenters. The third kappa shape index (κ3) is 5.36. The highest BCUT2D eigenvalue weighted by Gasteiger charge is 2.15. The van der Waals surface area contributed by atoms with Gasteiger partial charge in [-0.1, -0.05) is 26.2 Å². The summed E-state index contributed by atoms with van der Waals surface area (Å²) in [7, 11) is 0. The molecule has 6 heteroatoms. The van der Waals surface area contributed by atoms with Crippen LogP contribution in [0.3, 0.4) is 0 Å². The summed E-state index contributed by atoms with van der Waals surface area (Å²) in [6, 6.07) is 0.694. The fraction of sp³-hybridized carbons (Fsp3) is 0.800. The maximum Gasteiger partial charge on any atom is 0.324 e. The summed E-state index contributed by atoms with van der Waals surface area (Å²) < 4.78 is 11.3. The van der Waals surface area contributed by atoms with Crippen LogP contribution in [0.2, 0.25) is 0 Å². The van der Waals surface area contributed by atoms with Crippen molar-refractivity contribution >= 4 is 5.95 Å². The zero-order valence-corrected chi connectivity index (χ0v) is 13.1. The van der Waals surface area contributed by atoms with E-state index in [1.165, 1.54) is 32.1 Å². The standard InChI is InChI=1S/C15H26N4O2/c1-3-10-20-14-17-13(16-4-2)18-15(19-14)21-11-12-8-6-5-7-9-12/h12H,3-11H2,1-2H3,(H,16,17,18,19). The summed E-state index contributed by atoms with van der Waals surface area (Å²) in [4.78, 5) is 12.7. The molecule has 1 heterocycles. The van der Waals surface area contributed by atoms with Gasteiger partial charge in [-0.3, -0.25) is 0 Å². The van der Waals surface area contributed by atoms with Crippen molar-refractivity contribution in [2.24, 2.45) is 5.92 Å². The summed E-state index contributed by atoms with van der Waals surface area (Å²) in [6.07, 6.45) is 7.36. The first-order valence-corrected chi connectivity index (χ1v) is 8.07. The van der Waals surface area contributed by atoms with Crippen LogP contribution in [-0.2, 0) is 0 Å². The van der Waals surface area contributed by atoms with Gasteiger partial charge < -0.3 is 14.8 Å². The van der Waals surface area contributed by atoms with E-state index in [1.807, 2.05) is 13.8 Å². The fourth-order valence-corrected chi connectivity index (χ4v) is 2.44. The van der Waals surface area contributed by atoms with Gasteiger partial charge in [-0.15, -0.1) is 4.98 Å². The van der Waals surface area contributed by atoms with E-state index in [-0.39, 0.29) is 0 Å². The second-order valence-corrected chi connectivity index (χ2v) is 5.42. The van der Waals surface area contributed by atoms with Crippen molar-refractivity contribution in [2.45, 2.75) is 52.4 Å². The topological polar surface area (TPSA) is 69.2 Å². The molecular formula is C15H26N4O2. The third-order valence-electron chi connectivity index (χ3n) is 3.54. The minimum Gasteiger partial charge on any atom is -0.463 e. The van der Waals surface area contributed by atoms with Crippen molar-refractivity contribution < 1.29 is 9.47 Å². The van der Waals surface area contributed by atoms with E-state index >= 15 is 0 Å². The molecule has 0 aliphatic heterocycles. The summed E-state index contributed by atoms with van der Waals surface area (Å²) in [5.74, 6) is 1.13. The van der Waals surface area contributed by atoms with Crippen LogP contribution < -0.4 is 14.8 Å². The Morgan fingerprint density at radius 2 is 1.71 bits per heavy atom. The highest BCUT2D eigenvalue weighted by atomic mass is 16.5. The number of nitrogens with one attached hydrogen (secondary N) is 1. The molecule has 1 N–H and O–H groups in total. The molecule has 1 saturated carbocycles. The van der Waals surface area contributed by atoms with Crippen molar-refractivity contribution in [2.75, 3.05) is 25.1 Å². The van der Waals surface area contributed by atoms with Crippen molar-refractivity contribution in [1.29, 1.82) is 0 Å². The Kier molecular flexibility index (Phi) is 6.50. The lowest BCUT2D eigenvalue weighted by Crippen LogP contribution is -2.17. The van der Waals surface area contributed by atoms with Crippen molar-refractivity contribution in [3.8, 4) is 12.0 Å². The second kappa shape index (κ2) is 8.64. The number of aromatic nitrogens is 3. The van der Waals surface area contributed by atoms with E-state index in [4.69, 9.17) is 9.47 Å². The van der Waals surface area contributed by atoms with Gasteiger partial charge in [0.1, 0.15) is 0 Å². The molecule has 0 amide bonds. The molecule has 2 rings (SSSR count). The van der Waals surface area contributed by atoms with Gasteiger partial charge in [0.25, 0.3) is 0 Å². The molecule has 118 valence electrons. The molecule has 0 unspecified atom stereocenters. The summed E-state index contributed by atoms with van der Waals surface area (Å²) in [5, 5.41) is 3.08. The van der Waals surface area contributed by atoms with Gasteiger partial charge in [0.15, 0.2) is 0 Å². The Balaban J connectivity index is 1.96. The first kappa shape index (κ1) is 15.8. The molecule has 0 spiro atoms. The van der Waals surface area contributed by atoms with Crippen LogP contribution in [0.4, 0.5) is 5.95 Å². The Labute approximate surface area is 126 Å². The van der Waals surface area contributed by atoms with Gasteiger partial charge in [0.2, 0.25) is 5.95 Å². The SMILES string of the molecule is CCCOc1nc(NCC)nc(OCC2CCCCC2)n1. The molecule has 21 heavy (non-hydrogen) atoms. The molecule has 0 bridgehead atoms. The predicted octanol–water partition coefficient (Wildman–Crippen LogP) is 3.05. The molecule has 0 aromatic carbocycles. The molecule has 1 aromatic rings. The first-order chi connectivity index (χ1) is 10.3. The van der Waals surface area contributed by atoms with Crippen LogP contribution in [0.25, 0.3) is 0 Å². The van der Waals surface area contributed by atoms with E-state index in [2.05, 4.69) is 20.3 Å². The lowest BCUT2D eigenvalue weighted by molar-refractivity contribution is 0.192. The highest BCUT2D eigenvalue weighted by molar-refractivity contribution is 5.27. The maximum absolute atomic E-state index is 5.77. The second-order valence-electron chi connectivity index (χ2n) is 5.42. The quantitative estimate of drug-likeness (QED) is 0.794. The average molecular weight is 294 g/mol. The molecule has 1 aromatic heterocycles. The number of nitrogens with zero attached hydrogens (tertiary/aromatic N) is 3. The minimum absolute atomic E-state index is 0.335. The van der Waals surface area contributed by atoms with Crippen LogP contribution in [0.15, 0.2) is 0 Å². The van der Waals surface area contributed by atoms with Gasteiger partial charge in [-0.05, 0) is 32.1 Å². The molecule has 0 radical (unpaired) electrons. The van der Waals surface area contributed by atoms with E-state index in [1.54, 1.807) is 0 Å². The molecular weight excluding hydrogens is 268 g/mol. The van der Waals surface area contributed by atoms with Gasteiger partial charge in [-0.25, -0.2) is 0 Å². The average Bonchev–Trinajstić information content (AvgIpc) is 2.52. The third-order valence-corrected chi connectivity index (χ3v) is 3.54. The van der Waals surface area contributed by atoms with E-state index in [9.17, 15) is 0 Å². The van der Waals surface area contributed by atoms with Crippen molar-refractivity contribution in [1.82, 2.24) is 15.0 Å². The van der Waals surface area contributed by atoms with Crippen molar-refractivity contribution in [3.05, 3.63) is 0 Å². The molecule has 6 nitrogen and oxygen atoms in total. The maximum atomic E-state index is 5.77. The molecule has 0 saturated heterocycles. The highest BCUT2D eigenvalue weighted by Crippen LogP contribution is 2.24. The smallest absolute Gasteiger partial charge is 0.324 e. The Hall–Kier alpha value is -1.59. The number of anilines is 1. The monoisotopic (exact) mass is 294 g/mol. The molecule has 1 fully saturated rings. The first-order valence-electron chi connectivity index (χ1n) is 8.07. The molecule has 1 aliphatic rings. The van der Waals surface area contributed by atoms with Crippen molar-refractivity contribution in [3.63, 3.8) is 0 Å². The van der Waals surface area contributed by atoms with E-state index in [0.29, 0.717) is 37.1 Å². The Bertz CT molecular complexity index is 422. The van der Waals surface area contributed by atoms with Gasteiger partial charge in [0.05, 0.1) is 13.2 Å². The van der Waals surface area contributed by atoms with Gasteiger partial charge >= 0.3 is 12.0 Å². The lowest BCUT2D eigenvalue weighted by atomic mass is 9.90. The number of rotatable bonds is 8. The summed E-state index contributed by atoms with van der Waals surface area (Å²) in [6.45, 7) is 6.07. The van der Waals surface area contributed by atoms with Crippen LogP contribution >= 0.6 is 0 Å². The zero-order chi connectivity index (χ0) is 14.9. The Morgan fingerprint density at radius 1 is 1.00 bits per heavy atom. The number of ether oxygens (including phenoxy) is 2. The fourth-order valence-electron chi connectivity index (χ4n) is 2.44. The van der Waals surface area contributed by atoms with Crippen LogP contribution in [0.1, 0.15) is 52.4 Å². The number of hydrogen-bond donors (Lipinski definition) is 1. The lowest BCUT2D eigenvalue weighted by Gasteiger charge is -2.21. The predicted molar refractivity (Wildman–Crippen MR) is 81.8 cm³/mol.